The fraction of sp³-hybridized carbons (Fsp3) is 0.357. The van der Waals surface area contributed by atoms with Crippen LogP contribution in [-0.4, -0.2) is 72.5 Å². The number of amides is 2. The Morgan fingerprint density at radius 3 is 2.22 bits per heavy atom. The van der Waals surface area contributed by atoms with Gasteiger partial charge in [0.2, 0.25) is 5.91 Å². The quantitative estimate of drug-likeness (QED) is 0.386. The third-order valence-electron chi connectivity index (χ3n) is 6.01. The van der Waals surface area contributed by atoms with E-state index < -0.39 is 0 Å². The molecule has 0 aliphatic carbocycles. The topological polar surface area (TPSA) is 84.9 Å². The van der Waals surface area contributed by atoms with Crippen molar-refractivity contribution in [1.29, 1.82) is 0 Å². The molecule has 1 heterocycles. The fourth-order valence-electron chi connectivity index (χ4n) is 3.77. The van der Waals surface area contributed by atoms with E-state index in [1.807, 2.05) is 55.5 Å². The minimum absolute atomic E-state index is 0.0250. The molecule has 36 heavy (non-hydrogen) atoms. The Bertz CT molecular complexity index is 1140. The van der Waals surface area contributed by atoms with Gasteiger partial charge in [-0.3, -0.25) is 14.6 Å². The predicted molar refractivity (Wildman–Crippen MR) is 138 cm³/mol. The van der Waals surface area contributed by atoms with Crippen molar-refractivity contribution >= 4 is 11.8 Å². The van der Waals surface area contributed by atoms with Crippen molar-refractivity contribution < 1.29 is 19.1 Å². The molecule has 8 heteroatoms. The number of aryl methyl sites for hydroxylation is 1. The van der Waals surface area contributed by atoms with Crippen molar-refractivity contribution in [2.24, 2.45) is 0 Å². The van der Waals surface area contributed by atoms with Gasteiger partial charge in [-0.15, -0.1) is 0 Å². The maximum absolute atomic E-state index is 13.2. The van der Waals surface area contributed by atoms with Gasteiger partial charge in [-0.05, 0) is 43.0 Å². The van der Waals surface area contributed by atoms with Crippen LogP contribution in [-0.2, 0) is 17.6 Å². The van der Waals surface area contributed by atoms with Gasteiger partial charge in [-0.25, -0.2) is 4.98 Å². The number of rotatable bonds is 12. The van der Waals surface area contributed by atoms with Crippen molar-refractivity contribution in [2.45, 2.75) is 26.2 Å². The molecule has 2 aromatic carbocycles. The second-order valence-corrected chi connectivity index (χ2v) is 8.58. The van der Waals surface area contributed by atoms with Crippen LogP contribution in [0.1, 0.15) is 33.7 Å². The van der Waals surface area contributed by atoms with Gasteiger partial charge < -0.3 is 19.3 Å². The van der Waals surface area contributed by atoms with Crippen LogP contribution >= 0.6 is 0 Å². The molecule has 3 rings (SSSR count). The summed E-state index contributed by atoms with van der Waals surface area (Å²) in [5, 5.41) is 0. The number of nitrogens with zero attached hydrogens (tertiary/aromatic N) is 4. The van der Waals surface area contributed by atoms with Crippen LogP contribution in [0.25, 0.3) is 0 Å². The predicted octanol–water partition coefficient (Wildman–Crippen LogP) is 3.58. The highest BCUT2D eigenvalue weighted by molar-refractivity contribution is 5.92. The zero-order valence-corrected chi connectivity index (χ0v) is 21.4. The van der Waals surface area contributed by atoms with Crippen LogP contribution in [0.4, 0.5) is 0 Å². The van der Waals surface area contributed by atoms with Crippen LogP contribution in [0.15, 0.2) is 60.9 Å². The van der Waals surface area contributed by atoms with Gasteiger partial charge in [0, 0.05) is 39.3 Å². The first kappa shape index (κ1) is 26.7. The Morgan fingerprint density at radius 2 is 1.56 bits per heavy atom. The summed E-state index contributed by atoms with van der Waals surface area (Å²) in [6.07, 6.45) is 4.66. The number of hydrogen-bond acceptors (Lipinski definition) is 6. The molecule has 0 radical (unpaired) electrons. The van der Waals surface area contributed by atoms with E-state index in [1.165, 1.54) is 6.20 Å². The van der Waals surface area contributed by atoms with Crippen LogP contribution in [0.5, 0.6) is 11.5 Å². The van der Waals surface area contributed by atoms with E-state index in [4.69, 9.17) is 9.47 Å². The molecule has 0 atom stereocenters. The van der Waals surface area contributed by atoms with E-state index in [9.17, 15) is 9.59 Å². The molecule has 190 valence electrons. The molecule has 8 nitrogen and oxygen atoms in total. The average Bonchev–Trinajstić information content (AvgIpc) is 2.92. The monoisotopic (exact) mass is 490 g/mol. The lowest BCUT2D eigenvalue weighted by Crippen LogP contribution is -2.38. The largest absolute Gasteiger partial charge is 0.493 e. The molecular weight excluding hydrogens is 456 g/mol. The Balaban J connectivity index is 1.59. The number of ether oxygens (including phenoxy) is 2. The third kappa shape index (κ3) is 7.53. The average molecular weight is 491 g/mol. The van der Waals surface area contributed by atoms with Crippen molar-refractivity contribution in [3.05, 3.63) is 83.4 Å². The number of hydrogen-bond donors (Lipinski definition) is 0. The van der Waals surface area contributed by atoms with E-state index in [-0.39, 0.29) is 23.9 Å². The Labute approximate surface area is 212 Å². The third-order valence-corrected chi connectivity index (χ3v) is 6.01. The highest BCUT2D eigenvalue weighted by atomic mass is 16.5. The highest BCUT2D eigenvalue weighted by Gasteiger charge is 2.20. The summed E-state index contributed by atoms with van der Waals surface area (Å²) in [5.41, 5.74) is 3.20. The molecular formula is C28H34N4O4. The molecule has 2 amide bonds. The summed E-state index contributed by atoms with van der Waals surface area (Å²) in [6, 6.07) is 15.7. The van der Waals surface area contributed by atoms with Gasteiger partial charge in [0.05, 0.1) is 26.1 Å². The summed E-state index contributed by atoms with van der Waals surface area (Å²) >= 11 is 0. The van der Waals surface area contributed by atoms with Crippen molar-refractivity contribution in [1.82, 2.24) is 19.8 Å². The molecule has 1 aromatic heterocycles. The zero-order valence-electron chi connectivity index (χ0n) is 21.4. The van der Waals surface area contributed by atoms with Gasteiger partial charge in [-0.2, -0.15) is 0 Å². The number of aromatic nitrogens is 2. The second-order valence-electron chi connectivity index (χ2n) is 8.58. The normalized spacial score (nSPS) is 10.6. The first-order chi connectivity index (χ1) is 17.4. The maximum atomic E-state index is 13.2. The molecule has 0 saturated carbocycles. The van der Waals surface area contributed by atoms with Crippen LogP contribution in [0, 0.1) is 6.92 Å². The zero-order chi connectivity index (χ0) is 25.9. The van der Waals surface area contributed by atoms with E-state index in [2.05, 4.69) is 9.97 Å². The van der Waals surface area contributed by atoms with E-state index in [0.717, 1.165) is 16.8 Å². The summed E-state index contributed by atoms with van der Waals surface area (Å²) in [5.74, 6) is 1.09. The molecule has 0 bridgehead atoms. The molecule has 0 aliphatic rings. The van der Waals surface area contributed by atoms with Gasteiger partial charge in [0.15, 0.2) is 11.5 Å². The maximum Gasteiger partial charge on any atom is 0.274 e. The summed E-state index contributed by atoms with van der Waals surface area (Å²) in [6.45, 7) is 3.17. The minimum Gasteiger partial charge on any atom is -0.493 e. The number of methoxy groups -OCH3 is 2. The Kier molecular flexibility index (Phi) is 9.80. The van der Waals surface area contributed by atoms with Crippen LogP contribution < -0.4 is 9.47 Å². The minimum atomic E-state index is -0.223. The smallest absolute Gasteiger partial charge is 0.274 e. The highest BCUT2D eigenvalue weighted by Crippen LogP contribution is 2.27. The molecule has 0 aliphatic heterocycles. The second kappa shape index (κ2) is 13.2. The SMILES string of the molecule is COc1ccc(CCN(C)C(=O)CCN(CCc2ccccc2)C(=O)c2cnc(C)cn2)cc1OC. The number of likely N-dealkylation sites (N-methyl/N-ethyl adjacent to an activating group) is 1. The van der Waals surface area contributed by atoms with E-state index >= 15 is 0 Å². The van der Waals surface area contributed by atoms with Gasteiger partial charge in [0.1, 0.15) is 5.69 Å². The van der Waals surface area contributed by atoms with Crippen LogP contribution in [0.3, 0.4) is 0 Å². The van der Waals surface area contributed by atoms with Gasteiger partial charge >= 0.3 is 0 Å². The summed E-state index contributed by atoms with van der Waals surface area (Å²) in [7, 11) is 4.98. The van der Waals surface area contributed by atoms with E-state index in [0.29, 0.717) is 44.0 Å². The van der Waals surface area contributed by atoms with Crippen molar-refractivity contribution in [2.75, 3.05) is 40.9 Å². The molecule has 0 fully saturated rings. The van der Waals surface area contributed by atoms with Crippen molar-refractivity contribution in [3.63, 3.8) is 0 Å². The lowest BCUT2D eigenvalue weighted by atomic mass is 10.1. The molecule has 0 unspecified atom stereocenters. The lowest BCUT2D eigenvalue weighted by Gasteiger charge is -2.24. The summed E-state index contributed by atoms with van der Waals surface area (Å²) in [4.78, 5) is 37.9. The Morgan fingerprint density at radius 1 is 0.833 bits per heavy atom. The molecule has 0 N–H and O–H groups in total. The first-order valence-electron chi connectivity index (χ1n) is 12.0. The lowest BCUT2D eigenvalue weighted by molar-refractivity contribution is -0.130. The number of benzene rings is 2. The Hall–Kier alpha value is -3.94. The van der Waals surface area contributed by atoms with E-state index in [1.54, 1.807) is 37.3 Å². The summed E-state index contributed by atoms with van der Waals surface area (Å²) < 4.78 is 10.6. The number of carbonyl (C=O) groups is 2. The molecule has 3 aromatic rings. The molecule has 0 saturated heterocycles. The first-order valence-corrected chi connectivity index (χ1v) is 12.0. The van der Waals surface area contributed by atoms with Crippen LogP contribution in [0.2, 0.25) is 0 Å². The van der Waals surface area contributed by atoms with Crippen molar-refractivity contribution in [3.8, 4) is 11.5 Å². The fourth-order valence-corrected chi connectivity index (χ4v) is 3.77. The standard InChI is InChI=1S/C28H34N4O4/c1-21-19-30-24(20-29-21)28(34)32(16-13-22-8-6-5-7-9-22)17-14-27(33)31(2)15-12-23-10-11-25(35-3)26(18-23)36-4/h5-11,18-20H,12-17H2,1-4H3. The molecule has 0 spiro atoms. The number of carbonyl (C=O) groups excluding carboxylic acids is 2. The van der Waals surface area contributed by atoms with Gasteiger partial charge in [0.25, 0.3) is 5.91 Å². The van der Waals surface area contributed by atoms with Gasteiger partial charge in [-0.1, -0.05) is 36.4 Å².